The van der Waals surface area contributed by atoms with Crippen LogP contribution in [0.1, 0.15) is 22.8 Å². The van der Waals surface area contributed by atoms with Crippen LogP contribution < -0.4 is 9.46 Å². The van der Waals surface area contributed by atoms with Gasteiger partial charge >= 0.3 is 5.97 Å². The Labute approximate surface area is 134 Å². The van der Waals surface area contributed by atoms with Gasteiger partial charge in [0.15, 0.2) is 0 Å². The van der Waals surface area contributed by atoms with E-state index >= 15 is 0 Å². The molecule has 0 saturated heterocycles. The maximum Gasteiger partial charge on any atom is 0.339 e. The smallest absolute Gasteiger partial charge is 0.339 e. The summed E-state index contributed by atoms with van der Waals surface area (Å²) in [6, 6.07) is 10.7. The molecule has 122 valence electrons. The van der Waals surface area contributed by atoms with Gasteiger partial charge in [0.05, 0.1) is 12.0 Å². The van der Waals surface area contributed by atoms with Crippen molar-refractivity contribution in [2.45, 2.75) is 18.2 Å². The topological polar surface area (TPSA) is 92.7 Å². The van der Waals surface area contributed by atoms with Gasteiger partial charge in [-0.15, -0.1) is 0 Å². The molecular weight excluding hydrogens is 318 g/mol. The molecule has 0 amide bonds. The van der Waals surface area contributed by atoms with Crippen LogP contribution in [0, 0.1) is 0 Å². The molecule has 0 aliphatic heterocycles. The zero-order valence-electron chi connectivity index (χ0n) is 12.7. The third kappa shape index (κ3) is 3.81. The Morgan fingerprint density at radius 3 is 2.35 bits per heavy atom. The maximum atomic E-state index is 12.4. The molecule has 6 nitrogen and oxygen atoms in total. The van der Waals surface area contributed by atoms with E-state index in [1.165, 1.54) is 19.2 Å². The lowest BCUT2D eigenvalue weighted by Gasteiger charge is -2.11. The molecule has 0 aromatic heterocycles. The van der Waals surface area contributed by atoms with Crippen molar-refractivity contribution >= 4 is 21.7 Å². The molecular formula is C16H17NO5S. The van der Waals surface area contributed by atoms with Crippen LogP contribution in [-0.4, -0.2) is 26.6 Å². The molecule has 0 fully saturated rings. The van der Waals surface area contributed by atoms with Crippen molar-refractivity contribution in [3.05, 3.63) is 53.6 Å². The van der Waals surface area contributed by atoms with Crippen molar-refractivity contribution in [3.8, 4) is 5.75 Å². The highest BCUT2D eigenvalue weighted by molar-refractivity contribution is 7.92. The normalized spacial score (nSPS) is 11.0. The SMILES string of the molecule is CCc1ccc(NS(=O)(=O)c2ccc(OC)c(C(=O)O)c2)cc1. The largest absolute Gasteiger partial charge is 0.496 e. The van der Waals surface area contributed by atoms with Gasteiger partial charge < -0.3 is 9.84 Å². The van der Waals surface area contributed by atoms with Crippen LogP contribution in [0.4, 0.5) is 5.69 Å². The number of aryl methyl sites for hydroxylation is 1. The highest BCUT2D eigenvalue weighted by atomic mass is 32.2. The molecule has 2 rings (SSSR count). The lowest BCUT2D eigenvalue weighted by Crippen LogP contribution is -2.14. The zero-order chi connectivity index (χ0) is 17.0. The number of ether oxygens (including phenoxy) is 1. The molecule has 0 spiro atoms. The predicted molar refractivity (Wildman–Crippen MR) is 86.6 cm³/mol. The molecule has 0 radical (unpaired) electrons. The molecule has 23 heavy (non-hydrogen) atoms. The van der Waals surface area contributed by atoms with Gasteiger partial charge in [0, 0.05) is 5.69 Å². The van der Waals surface area contributed by atoms with Gasteiger partial charge in [-0.05, 0) is 42.3 Å². The first-order valence-electron chi connectivity index (χ1n) is 6.90. The third-order valence-corrected chi connectivity index (χ3v) is 4.71. The fraction of sp³-hybridized carbons (Fsp3) is 0.188. The Bertz CT molecular complexity index is 813. The Morgan fingerprint density at radius 1 is 1.17 bits per heavy atom. The van der Waals surface area contributed by atoms with E-state index in [1.54, 1.807) is 12.1 Å². The lowest BCUT2D eigenvalue weighted by molar-refractivity contribution is 0.0693. The molecule has 0 aliphatic rings. The Morgan fingerprint density at radius 2 is 1.83 bits per heavy atom. The van der Waals surface area contributed by atoms with Gasteiger partial charge in [-0.25, -0.2) is 13.2 Å². The number of aromatic carboxylic acids is 1. The van der Waals surface area contributed by atoms with Crippen LogP contribution >= 0.6 is 0 Å². The van der Waals surface area contributed by atoms with E-state index in [1.807, 2.05) is 19.1 Å². The van der Waals surface area contributed by atoms with Gasteiger partial charge in [0.25, 0.3) is 10.0 Å². The summed E-state index contributed by atoms with van der Waals surface area (Å²) >= 11 is 0. The summed E-state index contributed by atoms with van der Waals surface area (Å²) in [6.07, 6.45) is 0.855. The van der Waals surface area contributed by atoms with Crippen LogP contribution in [0.15, 0.2) is 47.4 Å². The number of nitrogens with one attached hydrogen (secondary N) is 1. The summed E-state index contributed by atoms with van der Waals surface area (Å²) in [5.74, 6) is -1.16. The summed E-state index contributed by atoms with van der Waals surface area (Å²) < 4.78 is 32.1. The maximum absolute atomic E-state index is 12.4. The Kier molecular flexibility index (Phi) is 4.90. The number of hydrogen-bond acceptors (Lipinski definition) is 4. The number of rotatable bonds is 6. The van der Waals surface area contributed by atoms with Crippen molar-refractivity contribution < 1.29 is 23.1 Å². The number of benzene rings is 2. The molecule has 7 heteroatoms. The van der Waals surface area contributed by atoms with E-state index in [9.17, 15) is 13.2 Å². The van der Waals surface area contributed by atoms with Crippen molar-refractivity contribution in [3.63, 3.8) is 0 Å². The van der Waals surface area contributed by atoms with Gasteiger partial charge in [0.2, 0.25) is 0 Å². The second-order valence-corrected chi connectivity index (χ2v) is 6.51. The summed E-state index contributed by atoms with van der Waals surface area (Å²) in [5, 5.41) is 9.14. The van der Waals surface area contributed by atoms with Crippen molar-refractivity contribution in [1.29, 1.82) is 0 Å². The quantitative estimate of drug-likeness (QED) is 0.847. The molecule has 0 saturated carbocycles. The number of carboxylic acids is 1. The minimum Gasteiger partial charge on any atom is -0.496 e. The van der Waals surface area contributed by atoms with E-state index in [0.29, 0.717) is 5.69 Å². The molecule has 0 bridgehead atoms. The van der Waals surface area contributed by atoms with E-state index in [0.717, 1.165) is 18.1 Å². The fourth-order valence-electron chi connectivity index (χ4n) is 2.04. The molecule has 2 aromatic carbocycles. The van der Waals surface area contributed by atoms with Gasteiger partial charge in [-0.2, -0.15) is 0 Å². The van der Waals surface area contributed by atoms with Crippen LogP contribution in [0.25, 0.3) is 0 Å². The number of anilines is 1. The number of methoxy groups -OCH3 is 1. The fourth-order valence-corrected chi connectivity index (χ4v) is 3.13. The zero-order valence-corrected chi connectivity index (χ0v) is 13.6. The van der Waals surface area contributed by atoms with Crippen molar-refractivity contribution in [1.82, 2.24) is 0 Å². The lowest BCUT2D eigenvalue weighted by atomic mass is 10.2. The van der Waals surface area contributed by atoms with Crippen molar-refractivity contribution in [2.24, 2.45) is 0 Å². The van der Waals surface area contributed by atoms with Gasteiger partial charge in [-0.3, -0.25) is 4.72 Å². The summed E-state index contributed by atoms with van der Waals surface area (Å²) in [7, 11) is -2.56. The van der Waals surface area contributed by atoms with Gasteiger partial charge in [0.1, 0.15) is 11.3 Å². The standard InChI is InChI=1S/C16H17NO5S/c1-3-11-4-6-12(7-5-11)17-23(20,21)13-8-9-15(22-2)14(10-13)16(18)19/h4-10,17H,3H2,1-2H3,(H,18,19). The molecule has 0 atom stereocenters. The summed E-state index contributed by atoms with van der Waals surface area (Å²) in [5.41, 5.74) is 1.29. The highest BCUT2D eigenvalue weighted by Gasteiger charge is 2.19. The average molecular weight is 335 g/mol. The Hall–Kier alpha value is -2.54. The molecule has 2 N–H and O–H groups in total. The molecule has 0 heterocycles. The summed E-state index contributed by atoms with van der Waals surface area (Å²) in [6.45, 7) is 2.00. The average Bonchev–Trinajstić information content (AvgIpc) is 2.54. The van der Waals surface area contributed by atoms with Crippen molar-refractivity contribution in [2.75, 3.05) is 11.8 Å². The van der Waals surface area contributed by atoms with Crippen LogP contribution in [0.5, 0.6) is 5.75 Å². The predicted octanol–water partition coefficient (Wildman–Crippen LogP) is 2.76. The van der Waals surface area contributed by atoms with E-state index in [2.05, 4.69) is 4.72 Å². The molecule has 0 unspecified atom stereocenters. The Balaban J connectivity index is 2.35. The second kappa shape index (κ2) is 6.70. The highest BCUT2D eigenvalue weighted by Crippen LogP contribution is 2.24. The first kappa shape index (κ1) is 16.8. The van der Waals surface area contributed by atoms with Crippen LogP contribution in [-0.2, 0) is 16.4 Å². The first-order valence-corrected chi connectivity index (χ1v) is 8.38. The number of carboxylic acid groups (broad SMARTS) is 1. The van der Waals surface area contributed by atoms with Crippen LogP contribution in [0.3, 0.4) is 0 Å². The number of carbonyl (C=O) groups is 1. The number of hydrogen-bond donors (Lipinski definition) is 2. The van der Waals surface area contributed by atoms with Crippen LogP contribution in [0.2, 0.25) is 0 Å². The van der Waals surface area contributed by atoms with E-state index in [-0.39, 0.29) is 16.2 Å². The summed E-state index contributed by atoms with van der Waals surface area (Å²) in [4.78, 5) is 11.1. The second-order valence-electron chi connectivity index (χ2n) is 4.82. The van der Waals surface area contributed by atoms with E-state index in [4.69, 9.17) is 9.84 Å². The third-order valence-electron chi connectivity index (χ3n) is 3.33. The monoisotopic (exact) mass is 335 g/mol. The molecule has 0 aliphatic carbocycles. The first-order chi connectivity index (χ1) is 10.9. The minimum atomic E-state index is -3.88. The minimum absolute atomic E-state index is 0.101. The van der Waals surface area contributed by atoms with E-state index < -0.39 is 16.0 Å². The number of sulfonamides is 1. The molecule has 2 aromatic rings. The van der Waals surface area contributed by atoms with Gasteiger partial charge in [-0.1, -0.05) is 19.1 Å².